The summed E-state index contributed by atoms with van der Waals surface area (Å²) in [5, 5.41) is 11.1. The van der Waals surface area contributed by atoms with E-state index in [1.165, 1.54) is 24.6 Å². The first-order valence-corrected chi connectivity index (χ1v) is 8.20. The van der Waals surface area contributed by atoms with Crippen LogP contribution in [-0.2, 0) is 4.74 Å². The lowest BCUT2D eigenvalue weighted by Crippen LogP contribution is -2.21. The van der Waals surface area contributed by atoms with Crippen molar-refractivity contribution in [3.05, 3.63) is 64.2 Å². The largest absolute Gasteiger partial charge is 0.459 e. The van der Waals surface area contributed by atoms with E-state index in [1.54, 1.807) is 0 Å². The maximum absolute atomic E-state index is 12.6. The van der Waals surface area contributed by atoms with Gasteiger partial charge >= 0.3 is 5.97 Å². The van der Waals surface area contributed by atoms with Gasteiger partial charge < -0.3 is 4.74 Å². The fraction of sp³-hybridized carbons (Fsp3) is 0.316. The highest BCUT2D eigenvalue weighted by molar-refractivity contribution is 5.98. The van der Waals surface area contributed by atoms with E-state index < -0.39 is 10.9 Å². The first kappa shape index (κ1) is 16.2. The predicted octanol–water partition coefficient (Wildman–Crippen LogP) is 4.75. The molecule has 0 aromatic heterocycles. The molecule has 1 saturated carbocycles. The Morgan fingerprint density at radius 1 is 1.04 bits per heavy atom. The van der Waals surface area contributed by atoms with Crippen LogP contribution in [0.4, 0.5) is 5.69 Å². The highest BCUT2D eigenvalue weighted by atomic mass is 16.6. The Hall–Kier alpha value is -2.69. The van der Waals surface area contributed by atoms with Crippen molar-refractivity contribution in [1.82, 2.24) is 0 Å². The first-order valence-electron chi connectivity index (χ1n) is 8.20. The zero-order chi connectivity index (χ0) is 16.9. The molecule has 0 saturated heterocycles. The number of hydrogen-bond acceptors (Lipinski definition) is 4. The van der Waals surface area contributed by atoms with E-state index in [-0.39, 0.29) is 11.8 Å². The molecule has 0 aliphatic heterocycles. The van der Waals surface area contributed by atoms with E-state index in [4.69, 9.17) is 4.74 Å². The summed E-state index contributed by atoms with van der Waals surface area (Å²) in [4.78, 5) is 23.2. The smallest absolute Gasteiger partial charge is 0.339 e. The molecule has 0 N–H and O–H groups in total. The summed E-state index contributed by atoms with van der Waals surface area (Å²) in [6.45, 7) is 0. The van der Waals surface area contributed by atoms with Crippen molar-refractivity contribution < 1.29 is 14.5 Å². The van der Waals surface area contributed by atoms with Crippen LogP contribution in [0.1, 0.15) is 42.5 Å². The summed E-state index contributed by atoms with van der Waals surface area (Å²) in [6.07, 6.45) is 5.05. The average Bonchev–Trinajstić information content (AvgIpc) is 2.62. The van der Waals surface area contributed by atoms with Gasteiger partial charge in [-0.05, 0) is 37.3 Å². The van der Waals surface area contributed by atoms with Crippen molar-refractivity contribution >= 4 is 11.7 Å². The third-order valence-corrected chi connectivity index (χ3v) is 4.34. The molecule has 0 heterocycles. The van der Waals surface area contributed by atoms with Gasteiger partial charge in [0.25, 0.3) is 5.69 Å². The number of non-ortho nitro benzene ring substituents is 1. The van der Waals surface area contributed by atoms with Gasteiger partial charge in [0, 0.05) is 17.7 Å². The zero-order valence-corrected chi connectivity index (χ0v) is 13.3. The summed E-state index contributed by atoms with van der Waals surface area (Å²) < 4.78 is 5.63. The predicted molar refractivity (Wildman–Crippen MR) is 90.8 cm³/mol. The van der Waals surface area contributed by atoms with Crippen LogP contribution < -0.4 is 0 Å². The Labute approximate surface area is 140 Å². The number of carbonyl (C=O) groups is 1. The standard InChI is InChI=1S/C19H19NO4/c21-19(24-16-9-5-2-6-10-16)17-12-11-15(20(22)23)13-18(17)14-7-3-1-4-8-14/h1,3-4,7-8,11-13,16H,2,5-6,9-10H2. The summed E-state index contributed by atoms with van der Waals surface area (Å²) in [6, 6.07) is 13.5. The minimum absolute atomic E-state index is 0.0388. The van der Waals surface area contributed by atoms with Crippen molar-refractivity contribution in [2.75, 3.05) is 0 Å². The number of hydrogen-bond donors (Lipinski definition) is 0. The summed E-state index contributed by atoms with van der Waals surface area (Å²) in [7, 11) is 0. The van der Waals surface area contributed by atoms with Gasteiger partial charge in [-0.15, -0.1) is 0 Å². The Bertz CT molecular complexity index is 736. The lowest BCUT2D eigenvalue weighted by atomic mass is 9.97. The zero-order valence-electron chi connectivity index (χ0n) is 13.3. The lowest BCUT2D eigenvalue weighted by Gasteiger charge is -2.22. The number of nitro groups is 1. The molecule has 1 aliphatic rings. The van der Waals surface area contributed by atoms with Gasteiger partial charge in [-0.3, -0.25) is 10.1 Å². The summed E-state index contributed by atoms with van der Waals surface area (Å²) >= 11 is 0. The summed E-state index contributed by atoms with van der Waals surface area (Å²) in [5.74, 6) is -0.407. The number of rotatable bonds is 4. The third kappa shape index (κ3) is 3.62. The lowest BCUT2D eigenvalue weighted by molar-refractivity contribution is -0.384. The molecule has 3 rings (SSSR count). The second-order valence-corrected chi connectivity index (χ2v) is 6.02. The molecule has 0 amide bonds. The second kappa shape index (κ2) is 7.25. The average molecular weight is 325 g/mol. The van der Waals surface area contributed by atoms with Crippen molar-refractivity contribution in [1.29, 1.82) is 0 Å². The molecule has 5 nitrogen and oxygen atoms in total. The van der Waals surface area contributed by atoms with Gasteiger partial charge in [-0.2, -0.15) is 0 Å². The molecular formula is C19H19NO4. The van der Waals surface area contributed by atoms with E-state index in [1.807, 2.05) is 30.3 Å². The molecule has 0 radical (unpaired) electrons. The molecule has 0 spiro atoms. The second-order valence-electron chi connectivity index (χ2n) is 6.02. The van der Waals surface area contributed by atoms with Crippen LogP contribution in [0.25, 0.3) is 11.1 Å². The molecule has 0 unspecified atom stereocenters. The molecule has 0 atom stereocenters. The molecule has 2 aromatic rings. The molecule has 0 bridgehead atoms. The number of esters is 1. The number of benzene rings is 2. The van der Waals surface area contributed by atoms with Gasteiger partial charge in [-0.1, -0.05) is 36.8 Å². The van der Waals surface area contributed by atoms with E-state index in [2.05, 4.69) is 0 Å². The maximum Gasteiger partial charge on any atom is 0.339 e. The van der Waals surface area contributed by atoms with Gasteiger partial charge in [0.1, 0.15) is 6.10 Å². The van der Waals surface area contributed by atoms with Crippen LogP contribution >= 0.6 is 0 Å². The van der Waals surface area contributed by atoms with Gasteiger partial charge in [0.05, 0.1) is 10.5 Å². The quantitative estimate of drug-likeness (QED) is 0.462. The molecule has 2 aromatic carbocycles. The highest BCUT2D eigenvalue weighted by Crippen LogP contribution is 2.30. The molecular weight excluding hydrogens is 306 g/mol. The number of ether oxygens (including phenoxy) is 1. The fourth-order valence-corrected chi connectivity index (χ4v) is 3.08. The molecule has 1 fully saturated rings. The Morgan fingerprint density at radius 2 is 1.75 bits per heavy atom. The Balaban J connectivity index is 1.94. The van der Waals surface area contributed by atoms with Gasteiger partial charge in [0.2, 0.25) is 0 Å². The normalized spacial score (nSPS) is 15.0. The van der Waals surface area contributed by atoms with Crippen LogP contribution in [0, 0.1) is 10.1 Å². The topological polar surface area (TPSA) is 69.4 Å². The third-order valence-electron chi connectivity index (χ3n) is 4.34. The number of nitro benzene ring substituents is 1. The van der Waals surface area contributed by atoms with Crippen LogP contribution in [0.15, 0.2) is 48.5 Å². The highest BCUT2D eigenvalue weighted by Gasteiger charge is 2.22. The van der Waals surface area contributed by atoms with Crippen LogP contribution in [0.5, 0.6) is 0 Å². The van der Waals surface area contributed by atoms with Gasteiger partial charge in [-0.25, -0.2) is 4.79 Å². The van der Waals surface area contributed by atoms with Crippen molar-refractivity contribution in [3.63, 3.8) is 0 Å². The maximum atomic E-state index is 12.6. The van der Waals surface area contributed by atoms with Gasteiger partial charge in [0.15, 0.2) is 0 Å². The van der Waals surface area contributed by atoms with Crippen molar-refractivity contribution in [3.8, 4) is 11.1 Å². The molecule has 1 aliphatic carbocycles. The van der Waals surface area contributed by atoms with E-state index >= 15 is 0 Å². The van der Waals surface area contributed by atoms with Crippen LogP contribution in [0.2, 0.25) is 0 Å². The Kier molecular flexibility index (Phi) is 4.89. The number of nitrogens with zero attached hydrogens (tertiary/aromatic N) is 1. The minimum Gasteiger partial charge on any atom is -0.459 e. The monoisotopic (exact) mass is 325 g/mol. The van der Waals surface area contributed by atoms with E-state index in [9.17, 15) is 14.9 Å². The molecule has 124 valence electrons. The van der Waals surface area contributed by atoms with Crippen molar-refractivity contribution in [2.24, 2.45) is 0 Å². The van der Waals surface area contributed by atoms with E-state index in [0.29, 0.717) is 11.1 Å². The number of carbonyl (C=O) groups excluding carboxylic acids is 1. The molecule has 5 heteroatoms. The van der Waals surface area contributed by atoms with Crippen molar-refractivity contribution in [2.45, 2.75) is 38.2 Å². The summed E-state index contributed by atoms with van der Waals surface area (Å²) in [5.41, 5.74) is 1.63. The first-order chi connectivity index (χ1) is 11.6. The SMILES string of the molecule is O=C(OC1CCCCC1)c1ccc([N+](=O)[O-])cc1-c1ccccc1. The Morgan fingerprint density at radius 3 is 2.42 bits per heavy atom. The fourth-order valence-electron chi connectivity index (χ4n) is 3.08. The van der Waals surface area contributed by atoms with E-state index in [0.717, 1.165) is 31.2 Å². The van der Waals surface area contributed by atoms with Crippen LogP contribution in [0.3, 0.4) is 0 Å². The minimum atomic E-state index is -0.456. The molecule has 24 heavy (non-hydrogen) atoms. The van der Waals surface area contributed by atoms with Crippen LogP contribution in [-0.4, -0.2) is 17.0 Å².